The van der Waals surface area contributed by atoms with Crippen molar-refractivity contribution in [2.75, 3.05) is 0 Å². The summed E-state index contributed by atoms with van der Waals surface area (Å²) in [6.07, 6.45) is 0. The SMILES string of the molecule is Fc1ccc(-c2c3c(c(-c4ccc(F)cc4F)c4ccccc24)-c2ccc4c5ccc6c7c(ccc(c8ccc-3c2c84)c75)-c2c-6c(-c3ccccc3)c3ccccc3c2-c2ccccc2)c(F)c1. The van der Waals surface area contributed by atoms with Gasteiger partial charge in [0.15, 0.2) is 0 Å². The fraction of sp³-hybridized carbons (Fsp3) is 0. The van der Waals surface area contributed by atoms with Crippen LogP contribution in [0, 0.1) is 23.3 Å². The molecule has 13 aromatic rings. The van der Waals surface area contributed by atoms with Crippen LogP contribution in [0.2, 0.25) is 0 Å². The number of halogens is 4. The van der Waals surface area contributed by atoms with Gasteiger partial charge in [-0.3, -0.25) is 0 Å². The summed E-state index contributed by atoms with van der Waals surface area (Å²) in [6, 6.07) is 63.0. The Hall–Kier alpha value is -8.60. The lowest BCUT2D eigenvalue weighted by Crippen LogP contribution is -1.97. The predicted molar refractivity (Wildman–Crippen MR) is 273 cm³/mol. The van der Waals surface area contributed by atoms with Crippen LogP contribution in [-0.2, 0) is 0 Å². The normalized spacial score (nSPS) is 12.4. The van der Waals surface area contributed by atoms with E-state index in [2.05, 4.69) is 133 Å². The standard InChI is InChI=1S/C64H32F4/c65-35-19-21-45(51(67)31-35)57-39-17-9-10-18-40(39)58(46-22-20-36(66)32-52(46)68)64-50-30-26-44-42-24-28-48-59-47(27-23-41(55(42)59)43-25-29-49(63(57)64)60(50)56(43)44)61-53(33-11-3-1-4-12-33)37-15-7-8-16-38(37)54(62(48)61)34-13-5-2-6-14-34/h1-32H. The van der Waals surface area contributed by atoms with Crippen molar-refractivity contribution in [1.82, 2.24) is 0 Å². The van der Waals surface area contributed by atoms with Gasteiger partial charge in [-0.15, -0.1) is 0 Å². The van der Waals surface area contributed by atoms with Crippen LogP contribution >= 0.6 is 0 Å². The van der Waals surface area contributed by atoms with E-state index >= 15 is 8.78 Å². The Morgan fingerprint density at radius 1 is 0.206 bits per heavy atom. The molecule has 0 aliphatic heterocycles. The fourth-order valence-corrected chi connectivity index (χ4v) is 12.4. The summed E-state index contributed by atoms with van der Waals surface area (Å²) in [7, 11) is 0. The lowest BCUT2D eigenvalue weighted by Gasteiger charge is -2.21. The number of hydrogen-bond acceptors (Lipinski definition) is 0. The molecule has 0 unspecified atom stereocenters. The molecule has 0 radical (unpaired) electrons. The second kappa shape index (κ2) is 13.5. The minimum Gasteiger partial charge on any atom is -0.207 e. The van der Waals surface area contributed by atoms with Crippen molar-refractivity contribution in [3.8, 4) is 89.0 Å². The Balaban J connectivity index is 1.08. The summed E-state index contributed by atoms with van der Waals surface area (Å²) >= 11 is 0. The van der Waals surface area contributed by atoms with Crippen molar-refractivity contribution in [3.05, 3.63) is 217 Å². The molecule has 13 aromatic carbocycles. The molecule has 0 bridgehead atoms. The molecule has 0 heterocycles. The van der Waals surface area contributed by atoms with Crippen molar-refractivity contribution in [1.29, 1.82) is 0 Å². The molecule has 0 nitrogen and oxygen atoms in total. The third kappa shape index (κ3) is 4.78. The van der Waals surface area contributed by atoms with Gasteiger partial charge in [0.05, 0.1) is 0 Å². The van der Waals surface area contributed by atoms with Gasteiger partial charge in [-0.1, -0.05) is 158 Å². The summed E-state index contributed by atoms with van der Waals surface area (Å²) in [5, 5.41) is 12.6. The molecule has 2 aliphatic carbocycles. The van der Waals surface area contributed by atoms with Gasteiger partial charge < -0.3 is 0 Å². The van der Waals surface area contributed by atoms with Crippen LogP contribution in [0.3, 0.4) is 0 Å². The molecule has 0 saturated carbocycles. The molecule has 0 amide bonds. The van der Waals surface area contributed by atoms with Crippen molar-refractivity contribution in [2.45, 2.75) is 0 Å². The van der Waals surface area contributed by atoms with E-state index in [0.29, 0.717) is 21.9 Å². The van der Waals surface area contributed by atoms with E-state index in [-0.39, 0.29) is 11.1 Å². The highest BCUT2D eigenvalue weighted by Crippen LogP contribution is 2.63. The van der Waals surface area contributed by atoms with Gasteiger partial charge >= 0.3 is 0 Å². The number of hydrogen-bond donors (Lipinski definition) is 0. The summed E-state index contributed by atoms with van der Waals surface area (Å²) in [5.74, 6) is -2.74. The highest BCUT2D eigenvalue weighted by atomic mass is 19.1. The van der Waals surface area contributed by atoms with Crippen LogP contribution in [0.4, 0.5) is 17.6 Å². The highest BCUT2D eigenvalue weighted by Gasteiger charge is 2.36. The van der Waals surface area contributed by atoms with Crippen LogP contribution in [0.5, 0.6) is 0 Å². The first-order chi connectivity index (χ1) is 33.4. The van der Waals surface area contributed by atoms with E-state index < -0.39 is 23.3 Å². The van der Waals surface area contributed by atoms with E-state index in [1.165, 1.54) is 79.2 Å². The largest absolute Gasteiger partial charge is 0.207 e. The van der Waals surface area contributed by atoms with Gasteiger partial charge in [0, 0.05) is 34.4 Å². The number of rotatable bonds is 4. The number of fused-ring (bicyclic) bond motifs is 10. The van der Waals surface area contributed by atoms with Crippen LogP contribution in [0.25, 0.3) is 154 Å². The predicted octanol–water partition coefficient (Wildman–Crippen LogP) is 18.6. The third-order valence-electron chi connectivity index (χ3n) is 14.9. The Labute approximate surface area is 386 Å². The van der Waals surface area contributed by atoms with Crippen molar-refractivity contribution in [2.24, 2.45) is 0 Å². The molecule has 0 fully saturated rings. The molecule has 0 atom stereocenters. The van der Waals surface area contributed by atoms with E-state index in [1.807, 2.05) is 24.3 Å². The molecule has 4 heteroatoms. The Morgan fingerprint density at radius 2 is 0.500 bits per heavy atom. The van der Waals surface area contributed by atoms with Gasteiger partial charge in [-0.05, 0) is 156 Å². The average Bonchev–Trinajstić information content (AvgIpc) is 3.88. The summed E-state index contributed by atoms with van der Waals surface area (Å²) in [5.41, 5.74) is 14.5. The van der Waals surface area contributed by atoms with E-state index in [1.54, 1.807) is 0 Å². The molecule has 2 aliphatic rings. The Kier molecular flexibility index (Phi) is 7.46. The third-order valence-corrected chi connectivity index (χ3v) is 14.9. The lowest BCUT2D eigenvalue weighted by molar-refractivity contribution is 0.585. The molecule has 15 rings (SSSR count). The monoisotopic (exact) mass is 876 g/mol. The first-order valence-corrected chi connectivity index (χ1v) is 22.9. The molecular formula is C64H32F4. The van der Waals surface area contributed by atoms with Gasteiger partial charge in [-0.25, -0.2) is 17.6 Å². The maximum atomic E-state index is 16.3. The smallest absolute Gasteiger partial charge is 0.133 e. The topological polar surface area (TPSA) is 0 Å². The van der Waals surface area contributed by atoms with Crippen LogP contribution in [0.1, 0.15) is 0 Å². The van der Waals surface area contributed by atoms with E-state index in [9.17, 15) is 8.78 Å². The van der Waals surface area contributed by atoms with Gasteiger partial charge in [0.1, 0.15) is 23.3 Å². The van der Waals surface area contributed by atoms with Crippen LogP contribution in [0.15, 0.2) is 194 Å². The first kappa shape index (κ1) is 37.6. The fourth-order valence-electron chi connectivity index (χ4n) is 12.4. The Morgan fingerprint density at radius 3 is 0.838 bits per heavy atom. The Bertz CT molecular complexity index is 4130. The summed E-state index contributed by atoms with van der Waals surface area (Å²) in [4.78, 5) is 0. The minimum atomic E-state index is -0.693. The zero-order valence-electron chi connectivity index (χ0n) is 36.0. The van der Waals surface area contributed by atoms with Gasteiger partial charge in [0.25, 0.3) is 0 Å². The van der Waals surface area contributed by atoms with Crippen LogP contribution < -0.4 is 0 Å². The van der Waals surface area contributed by atoms with E-state index in [4.69, 9.17) is 0 Å². The van der Waals surface area contributed by atoms with Gasteiger partial charge in [-0.2, -0.15) is 0 Å². The second-order valence-electron chi connectivity index (χ2n) is 18.2. The molecule has 0 N–H and O–H groups in total. The van der Waals surface area contributed by atoms with Crippen molar-refractivity contribution < 1.29 is 17.6 Å². The summed E-state index contributed by atoms with van der Waals surface area (Å²) < 4.78 is 61.9. The molecule has 0 saturated heterocycles. The zero-order valence-corrected chi connectivity index (χ0v) is 36.0. The van der Waals surface area contributed by atoms with Crippen molar-refractivity contribution >= 4 is 64.6 Å². The lowest BCUT2D eigenvalue weighted by atomic mass is 9.82. The molecular weight excluding hydrogens is 845 g/mol. The summed E-state index contributed by atoms with van der Waals surface area (Å²) in [6.45, 7) is 0. The quantitative estimate of drug-likeness (QED) is 0.0939. The van der Waals surface area contributed by atoms with Gasteiger partial charge in [0.2, 0.25) is 0 Å². The highest BCUT2D eigenvalue weighted by molar-refractivity contribution is 6.42. The van der Waals surface area contributed by atoms with Crippen LogP contribution in [-0.4, -0.2) is 0 Å². The zero-order chi connectivity index (χ0) is 45.1. The molecule has 0 aromatic heterocycles. The molecule has 316 valence electrons. The first-order valence-electron chi connectivity index (χ1n) is 22.9. The second-order valence-corrected chi connectivity index (χ2v) is 18.2. The minimum absolute atomic E-state index is 0.243. The average molecular weight is 877 g/mol. The maximum Gasteiger partial charge on any atom is 0.133 e. The number of benzene rings is 13. The molecule has 68 heavy (non-hydrogen) atoms. The van der Waals surface area contributed by atoms with E-state index in [0.717, 1.165) is 77.8 Å². The van der Waals surface area contributed by atoms with Crippen molar-refractivity contribution in [3.63, 3.8) is 0 Å². The molecule has 0 spiro atoms. The maximum absolute atomic E-state index is 16.3.